The van der Waals surface area contributed by atoms with Crippen molar-refractivity contribution in [3.8, 4) is 17.2 Å². The summed E-state index contributed by atoms with van der Waals surface area (Å²) in [5.41, 5.74) is -0.382. The Morgan fingerprint density at radius 1 is 0.963 bits per heavy atom. The van der Waals surface area contributed by atoms with E-state index in [0.717, 1.165) is 12.1 Å². The lowest BCUT2D eigenvalue weighted by Gasteiger charge is -2.13. The number of alkyl halides is 3. The molecule has 2 aromatic carbocycles. The van der Waals surface area contributed by atoms with Gasteiger partial charge in [-0.1, -0.05) is 6.07 Å². The molecule has 0 heterocycles. The van der Waals surface area contributed by atoms with Crippen LogP contribution in [0.2, 0.25) is 0 Å². The predicted molar refractivity (Wildman–Crippen MR) is 94.3 cm³/mol. The number of benzene rings is 2. The van der Waals surface area contributed by atoms with E-state index < -0.39 is 24.3 Å². The highest BCUT2D eigenvalue weighted by molar-refractivity contribution is 5.92. The van der Waals surface area contributed by atoms with Crippen LogP contribution in [0.15, 0.2) is 42.5 Å². The van der Waals surface area contributed by atoms with E-state index in [4.69, 9.17) is 14.2 Å². The van der Waals surface area contributed by atoms with Crippen LogP contribution in [-0.4, -0.2) is 25.7 Å². The first-order valence-corrected chi connectivity index (χ1v) is 8.33. The first-order valence-electron chi connectivity index (χ1n) is 8.33. The topological polar surface area (TPSA) is 56.8 Å². The molecule has 0 bridgehead atoms. The van der Waals surface area contributed by atoms with Crippen LogP contribution in [0.3, 0.4) is 0 Å². The molecule has 0 aliphatic rings. The van der Waals surface area contributed by atoms with Gasteiger partial charge < -0.3 is 19.5 Å². The van der Waals surface area contributed by atoms with Gasteiger partial charge in [0.15, 0.2) is 18.1 Å². The Bertz CT molecular complexity index is 778. The van der Waals surface area contributed by atoms with Crippen LogP contribution in [-0.2, 0) is 11.0 Å². The molecule has 0 atom stereocenters. The molecule has 0 aliphatic carbocycles. The van der Waals surface area contributed by atoms with Gasteiger partial charge in [-0.15, -0.1) is 0 Å². The molecule has 1 amide bonds. The molecule has 0 aliphatic heterocycles. The molecule has 8 heteroatoms. The van der Waals surface area contributed by atoms with E-state index in [-0.39, 0.29) is 5.75 Å². The quantitative estimate of drug-likeness (QED) is 0.728. The monoisotopic (exact) mass is 383 g/mol. The molecule has 0 spiro atoms. The van der Waals surface area contributed by atoms with Crippen LogP contribution in [0.4, 0.5) is 18.9 Å². The van der Waals surface area contributed by atoms with Crippen molar-refractivity contribution in [1.29, 1.82) is 0 Å². The van der Waals surface area contributed by atoms with Gasteiger partial charge in [-0.2, -0.15) is 13.2 Å². The number of amides is 1. The Kier molecular flexibility index (Phi) is 6.92. The average Bonchev–Trinajstić information content (AvgIpc) is 2.62. The molecule has 0 saturated heterocycles. The van der Waals surface area contributed by atoms with E-state index in [9.17, 15) is 18.0 Å². The minimum Gasteiger partial charge on any atom is -0.490 e. The summed E-state index contributed by atoms with van der Waals surface area (Å²) in [6, 6.07) is 9.26. The molecular weight excluding hydrogens is 363 g/mol. The summed E-state index contributed by atoms with van der Waals surface area (Å²) >= 11 is 0. The van der Waals surface area contributed by atoms with Gasteiger partial charge in [0.25, 0.3) is 5.91 Å². The highest BCUT2D eigenvalue weighted by Gasteiger charge is 2.30. The Balaban J connectivity index is 1.99. The normalized spacial score (nSPS) is 11.0. The third kappa shape index (κ3) is 6.09. The van der Waals surface area contributed by atoms with Gasteiger partial charge in [-0.25, -0.2) is 0 Å². The zero-order valence-electron chi connectivity index (χ0n) is 14.9. The van der Waals surface area contributed by atoms with Crippen molar-refractivity contribution in [2.24, 2.45) is 0 Å². The number of rotatable bonds is 8. The van der Waals surface area contributed by atoms with Gasteiger partial charge in [0.2, 0.25) is 0 Å². The number of carbonyl (C=O) groups is 1. The molecule has 5 nitrogen and oxygen atoms in total. The number of carbonyl (C=O) groups excluding carboxylic acids is 1. The molecule has 2 rings (SSSR count). The van der Waals surface area contributed by atoms with Gasteiger partial charge in [-0.3, -0.25) is 4.79 Å². The maximum absolute atomic E-state index is 12.7. The summed E-state index contributed by atoms with van der Waals surface area (Å²) < 4.78 is 54.1. The molecule has 0 fully saturated rings. The van der Waals surface area contributed by atoms with Crippen LogP contribution in [0.5, 0.6) is 17.2 Å². The second kappa shape index (κ2) is 9.16. The highest BCUT2D eigenvalue weighted by atomic mass is 19.4. The predicted octanol–water partition coefficient (Wildman–Crippen LogP) is 4.52. The maximum Gasteiger partial charge on any atom is 0.416 e. The molecule has 0 unspecified atom stereocenters. The number of hydrogen-bond acceptors (Lipinski definition) is 4. The average molecular weight is 383 g/mol. The Labute approximate surface area is 155 Å². The molecule has 2 aromatic rings. The fourth-order valence-corrected chi connectivity index (χ4v) is 2.24. The summed E-state index contributed by atoms with van der Waals surface area (Å²) in [5.74, 6) is 0.481. The van der Waals surface area contributed by atoms with Crippen LogP contribution in [0.1, 0.15) is 19.4 Å². The number of ether oxygens (including phenoxy) is 3. The van der Waals surface area contributed by atoms with Gasteiger partial charge in [0, 0.05) is 11.8 Å². The van der Waals surface area contributed by atoms with Crippen molar-refractivity contribution >= 4 is 11.6 Å². The van der Waals surface area contributed by atoms with E-state index in [0.29, 0.717) is 30.4 Å². The van der Waals surface area contributed by atoms with E-state index >= 15 is 0 Å². The molecule has 0 aromatic heterocycles. The summed E-state index contributed by atoms with van der Waals surface area (Å²) in [6.45, 7) is 4.13. The van der Waals surface area contributed by atoms with Crippen LogP contribution in [0, 0.1) is 0 Å². The van der Waals surface area contributed by atoms with Crippen molar-refractivity contribution in [3.05, 3.63) is 48.0 Å². The lowest BCUT2D eigenvalue weighted by molar-refractivity contribution is -0.137. The van der Waals surface area contributed by atoms with E-state index in [2.05, 4.69) is 5.32 Å². The molecule has 146 valence electrons. The van der Waals surface area contributed by atoms with Crippen molar-refractivity contribution in [2.75, 3.05) is 25.1 Å². The first-order chi connectivity index (χ1) is 12.8. The summed E-state index contributed by atoms with van der Waals surface area (Å²) in [5, 5.41) is 2.60. The van der Waals surface area contributed by atoms with E-state index in [1.807, 2.05) is 13.8 Å². The van der Waals surface area contributed by atoms with Gasteiger partial charge in [0.1, 0.15) is 5.75 Å². The van der Waals surface area contributed by atoms with Crippen LogP contribution >= 0.6 is 0 Å². The zero-order valence-corrected chi connectivity index (χ0v) is 14.9. The standard InChI is InChI=1S/C19H20F3NO4/c1-3-25-16-9-8-14(11-17(16)26-4-2)23-18(24)12-27-15-7-5-6-13(10-15)19(20,21)22/h5-11H,3-4,12H2,1-2H3,(H,23,24). The minimum absolute atomic E-state index is 0.0401. The molecule has 27 heavy (non-hydrogen) atoms. The van der Waals surface area contributed by atoms with E-state index in [1.54, 1.807) is 18.2 Å². The Morgan fingerprint density at radius 2 is 1.67 bits per heavy atom. The minimum atomic E-state index is -4.47. The maximum atomic E-state index is 12.7. The lowest BCUT2D eigenvalue weighted by atomic mass is 10.2. The van der Waals surface area contributed by atoms with Crippen molar-refractivity contribution in [2.45, 2.75) is 20.0 Å². The first kappa shape index (κ1) is 20.4. The van der Waals surface area contributed by atoms with Crippen molar-refractivity contribution in [1.82, 2.24) is 0 Å². The highest BCUT2D eigenvalue weighted by Crippen LogP contribution is 2.32. The van der Waals surface area contributed by atoms with Crippen molar-refractivity contribution < 1.29 is 32.2 Å². The van der Waals surface area contributed by atoms with Gasteiger partial charge in [0.05, 0.1) is 18.8 Å². The lowest BCUT2D eigenvalue weighted by Crippen LogP contribution is -2.20. The number of anilines is 1. The van der Waals surface area contributed by atoms with Gasteiger partial charge >= 0.3 is 6.18 Å². The molecule has 0 saturated carbocycles. The fourth-order valence-electron chi connectivity index (χ4n) is 2.24. The second-order valence-corrected chi connectivity index (χ2v) is 5.39. The Morgan fingerprint density at radius 3 is 2.33 bits per heavy atom. The Hall–Kier alpha value is -2.90. The number of nitrogens with one attached hydrogen (secondary N) is 1. The number of hydrogen-bond donors (Lipinski definition) is 1. The molecule has 1 N–H and O–H groups in total. The summed E-state index contributed by atoms with van der Waals surface area (Å²) in [6.07, 6.45) is -4.47. The largest absolute Gasteiger partial charge is 0.490 e. The van der Waals surface area contributed by atoms with Gasteiger partial charge in [-0.05, 0) is 44.2 Å². The summed E-state index contributed by atoms with van der Waals surface area (Å²) in [7, 11) is 0. The smallest absolute Gasteiger partial charge is 0.416 e. The van der Waals surface area contributed by atoms with Crippen LogP contribution in [0.25, 0.3) is 0 Å². The second-order valence-electron chi connectivity index (χ2n) is 5.39. The third-order valence-corrected chi connectivity index (χ3v) is 3.36. The van der Waals surface area contributed by atoms with Crippen molar-refractivity contribution in [3.63, 3.8) is 0 Å². The number of halogens is 3. The molecule has 0 radical (unpaired) electrons. The van der Waals surface area contributed by atoms with Crippen LogP contribution < -0.4 is 19.5 Å². The molecular formula is C19H20F3NO4. The SMILES string of the molecule is CCOc1ccc(NC(=O)COc2cccc(C(F)(F)F)c2)cc1OCC. The fraction of sp³-hybridized carbons (Fsp3) is 0.316. The summed E-state index contributed by atoms with van der Waals surface area (Å²) in [4.78, 5) is 12.0. The third-order valence-electron chi connectivity index (χ3n) is 3.36. The zero-order chi connectivity index (χ0) is 19.9. The van der Waals surface area contributed by atoms with E-state index in [1.165, 1.54) is 12.1 Å².